The molecule has 0 unspecified atom stereocenters. The lowest BCUT2D eigenvalue weighted by Crippen LogP contribution is -2.10. The van der Waals surface area contributed by atoms with Crippen molar-refractivity contribution in [3.05, 3.63) is 46.5 Å². The average Bonchev–Trinajstić information content (AvgIpc) is 2.69. The lowest BCUT2D eigenvalue weighted by atomic mass is 9.98. The molecule has 0 radical (unpaired) electrons. The molecule has 174 valence electrons. The largest absolute Gasteiger partial charge is 0.427 e. The predicted molar refractivity (Wildman–Crippen MR) is 118 cm³/mol. The minimum absolute atomic E-state index is 0.371. The van der Waals surface area contributed by atoms with Crippen LogP contribution in [0.1, 0.15) is 56.4 Å². The molecule has 0 heterocycles. The quantitative estimate of drug-likeness (QED) is 0.509. The van der Waals surface area contributed by atoms with Gasteiger partial charge in [0.05, 0.1) is 0 Å². The highest BCUT2D eigenvalue weighted by molar-refractivity contribution is 5.73. The Morgan fingerprint density at radius 1 is 0.515 bits per heavy atom. The van der Waals surface area contributed by atoms with Gasteiger partial charge >= 0.3 is 23.9 Å². The average molecular weight is 454 g/mol. The van der Waals surface area contributed by atoms with Crippen LogP contribution in [0.3, 0.4) is 0 Å². The van der Waals surface area contributed by atoms with Crippen molar-refractivity contribution in [3.63, 3.8) is 0 Å². The van der Waals surface area contributed by atoms with Crippen LogP contribution < -0.4 is 18.9 Å². The van der Waals surface area contributed by atoms with E-state index in [0.29, 0.717) is 66.2 Å². The van der Waals surface area contributed by atoms with Crippen LogP contribution in [0.5, 0.6) is 23.0 Å². The number of aryl methyl sites for hydroxylation is 4. The first-order chi connectivity index (χ1) is 15.6. The SMILES string of the molecule is CC(=O)Oc1cc2c(OC(C)=O)c(c1)CCc1cc(OC(C)=O)cc(c1OC(C)=O)CCC2. The van der Waals surface area contributed by atoms with Gasteiger partial charge in [0.15, 0.2) is 0 Å². The first-order valence-electron chi connectivity index (χ1n) is 10.7. The molecule has 0 saturated carbocycles. The number of benzene rings is 2. The Balaban J connectivity index is 2.12. The van der Waals surface area contributed by atoms with Gasteiger partial charge in [-0.3, -0.25) is 19.2 Å². The number of carbonyl (C=O) groups is 4. The highest BCUT2D eigenvalue weighted by Crippen LogP contribution is 2.37. The number of hydrogen-bond donors (Lipinski definition) is 0. The Bertz CT molecular complexity index is 1030. The second-order valence-corrected chi connectivity index (χ2v) is 7.87. The van der Waals surface area contributed by atoms with Crippen molar-refractivity contribution < 1.29 is 38.1 Å². The Morgan fingerprint density at radius 3 is 1.12 bits per heavy atom. The van der Waals surface area contributed by atoms with E-state index in [1.807, 2.05) is 0 Å². The zero-order valence-electron chi connectivity index (χ0n) is 19.1. The zero-order valence-corrected chi connectivity index (χ0v) is 19.1. The van der Waals surface area contributed by atoms with E-state index in [2.05, 4.69) is 0 Å². The van der Waals surface area contributed by atoms with Crippen molar-refractivity contribution in [1.82, 2.24) is 0 Å². The Labute approximate surface area is 191 Å². The molecule has 1 aliphatic rings. The van der Waals surface area contributed by atoms with E-state index in [0.717, 1.165) is 11.1 Å². The minimum Gasteiger partial charge on any atom is -0.427 e. The predicted octanol–water partition coefficient (Wildman–Crippen LogP) is 3.66. The van der Waals surface area contributed by atoms with Crippen LogP contribution in [0, 0.1) is 0 Å². The van der Waals surface area contributed by atoms with Crippen molar-refractivity contribution >= 4 is 23.9 Å². The van der Waals surface area contributed by atoms with Gasteiger partial charge in [-0.25, -0.2) is 0 Å². The molecule has 33 heavy (non-hydrogen) atoms. The summed E-state index contributed by atoms with van der Waals surface area (Å²) in [6.07, 6.45) is 2.41. The molecule has 4 bridgehead atoms. The third-order valence-corrected chi connectivity index (χ3v) is 5.00. The molecule has 8 heteroatoms. The normalized spacial score (nSPS) is 12.7. The molecule has 0 fully saturated rings. The minimum atomic E-state index is -0.453. The highest BCUT2D eigenvalue weighted by Gasteiger charge is 2.21. The van der Waals surface area contributed by atoms with E-state index < -0.39 is 23.9 Å². The van der Waals surface area contributed by atoms with Gasteiger partial charge in [-0.2, -0.15) is 0 Å². The number of carbonyl (C=O) groups excluding carboxylic acids is 4. The molecule has 0 aliphatic heterocycles. The summed E-state index contributed by atoms with van der Waals surface area (Å²) in [5.41, 5.74) is 2.83. The fourth-order valence-corrected chi connectivity index (χ4v) is 3.93. The summed E-state index contributed by atoms with van der Waals surface area (Å²) in [6, 6.07) is 6.74. The molecule has 0 amide bonds. The highest BCUT2D eigenvalue weighted by atomic mass is 16.5. The molecule has 0 saturated heterocycles. The lowest BCUT2D eigenvalue weighted by molar-refractivity contribution is -0.133. The molecule has 3 rings (SSSR count). The zero-order chi connectivity index (χ0) is 24.1. The first-order valence-corrected chi connectivity index (χ1v) is 10.7. The van der Waals surface area contributed by atoms with Crippen molar-refractivity contribution in [2.75, 3.05) is 0 Å². The molecule has 2 aromatic carbocycles. The number of fused-ring (bicyclic) bond motifs is 4. The standard InChI is InChI=1S/C25H26O8/c1-14(26)30-22-10-18-6-5-7-19-11-23(31-15(2)27)13-21(25(19)33-17(4)29)9-8-20(12-22)24(18)32-16(3)28/h10-13H,5-9H2,1-4H3. The molecule has 8 nitrogen and oxygen atoms in total. The third-order valence-electron chi connectivity index (χ3n) is 5.00. The second-order valence-electron chi connectivity index (χ2n) is 7.87. The van der Waals surface area contributed by atoms with E-state index in [-0.39, 0.29) is 0 Å². The van der Waals surface area contributed by atoms with Crippen molar-refractivity contribution in [2.45, 2.75) is 59.8 Å². The Kier molecular flexibility index (Phi) is 7.48. The van der Waals surface area contributed by atoms with E-state index in [1.54, 1.807) is 24.3 Å². The van der Waals surface area contributed by atoms with Crippen molar-refractivity contribution in [2.24, 2.45) is 0 Å². The van der Waals surface area contributed by atoms with Gasteiger partial charge in [0.25, 0.3) is 0 Å². The molecule has 2 aromatic rings. The molecule has 0 N–H and O–H groups in total. The van der Waals surface area contributed by atoms with E-state index in [4.69, 9.17) is 18.9 Å². The van der Waals surface area contributed by atoms with Crippen LogP contribution in [-0.2, 0) is 44.9 Å². The van der Waals surface area contributed by atoms with Crippen molar-refractivity contribution in [3.8, 4) is 23.0 Å². The van der Waals surface area contributed by atoms with Gasteiger partial charge < -0.3 is 18.9 Å². The van der Waals surface area contributed by atoms with E-state index >= 15 is 0 Å². The topological polar surface area (TPSA) is 105 Å². The summed E-state index contributed by atoms with van der Waals surface area (Å²) < 4.78 is 21.7. The van der Waals surface area contributed by atoms with E-state index in [9.17, 15) is 19.2 Å². The molecule has 1 aliphatic carbocycles. The lowest BCUT2D eigenvalue weighted by Gasteiger charge is -2.17. The van der Waals surface area contributed by atoms with Gasteiger partial charge in [0, 0.05) is 27.7 Å². The van der Waals surface area contributed by atoms with Crippen LogP contribution >= 0.6 is 0 Å². The van der Waals surface area contributed by atoms with Crippen molar-refractivity contribution in [1.29, 1.82) is 0 Å². The summed E-state index contributed by atoms with van der Waals surface area (Å²) in [5.74, 6) is -0.176. The van der Waals surface area contributed by atoms with Crippen LogP contribution in [0.4, 0.5) is 0 Å². The summed E-state index contributed by atoms with van der Waals surface area (Å²) in [4.78, 5) is 46.7. The molecule has 0 spiro atoms. The van der Waals surface area contributed by atoms with Crippen LogP contribution in [0.2, 0.25) is 0 Å². The number of hydrogen-bond acceptors (Lipinski definition) is 8. The molecular formula is C25H26O8. The van der Waals surface area contributed by atoms with Gasteiger partial charge in [-0.05, 0) is 78.6 Å². The van der Waals surface area contributed by atoms with E-state index in [1.165, 1.54) is 27.7 Å². The summed E-state index contributed by atoms with van der Waals surface area (Å²) in [7, 11) is 0. The van der Waals surface area contributed by atoms with Gasteiger partial charge in [0.2, 0.25) is 0 Å². The number of ether oxygens (including phenoxy) is 4. The summed E-state index contributed by atoms with van der Waals surface area (Å²) in [6.45, 7) is 5.30. The van der Waals surface area contributed by atoms with Crippen LogP contribution in [0.15, 0.2) is 24.3 Å². The van der Waals surface area contributed by atoms with Crippen LogP contribution in [-0.4, -0.2) is 23.9 Å². The third kappa shape index (κ3) is 6.41. The Morgan fingerprint density at radius 2 is 0.818 bits per heavy atom. The Hall–Kier alpha value is -3.68. The first kappa shape index (κ1) is 24.0. The maximum Gasteiger partial charge on any atom is 0.308 e. The van der Waals surface area contributed by atoms with Gasteiger partial charge in [-0.15, -0.1) is 0 Å². The number of esters is 4. The summed E-state index contributed by atoms with van der Waals surface area (Å²) >= 11 is 0. The summed E-state index contributed by atoms with van der Waals surface area (Å²) in [5, 5.41) is 0. The fraction of sp³-hybridized carbons (Fsp3) is 0.360. The molecular weight excluding hydrogens is 428 g/mol. The molecule has 0 atom stereocenters. The maximum atomic E-state index is 11.8. The monoisotopic (exact) mass is 454 g/mol. The fourth-order valence-electron chi connectivity index (χ4n) is 3.93. The number of rotatable bonds is 4. The van der Waals surface area contributed by atoms with Crippen LogP contribution in [0.25, 0.3) is 0 Å². The smallest absolute Gasteiger partial charge is 0.308 e. The molecule has 0 aromatic heterocycles. The second kappa shape index (κ2) is 10.3. The van der Waals surface area contributed by atoms with Gasteiger partial charge in [-0.1, -0.05) is 0 Å². The van der Waals surface area contributed by atoms with Gasteiger partial charge in [0.1, 0.15) is 23.0 Å². The maximum absolute atomic E-state index is 11.8.